The topological polar surface area (TPSA) is 33.7 Å². The third-order valence-corrected chi connectivity index (χ3v) is 5.27. The quantitative estimate of drug-likeness (QED) is 0.633. The van der Waals surface area contributed by atoms with E-state index in [1.807, 2.05) is 36.2 Å². The van der Waals surface area contributed by atoms with E-state index in [4.69, 9.17) is 9.47 Å². The Kier molecular flexibility index (Phi) is 4.64. The molecule has 0 aromatic heterocycles. The Morgan fingerprint density at radius 2 is 1.80 bits per heavy atom. The summed E-state index contributed by atoms with van der Waals surface area (Å²) < 4.78 is 39.5. The number of para-hydroxylation sites is 1. The van der Waals surface area contributed by atoms with Crippen molar-refractivity contribution in [2.45, 2.75) is 19.2 Å². The lowest BCUT2D eigenvalue weighted by Crippen LogP contribution is -2.43. The molecule has 4 nitrogen and oxygen atoms in total. The first kappa shape index (κ1) is 18.6. The fourth-order valence-electron chi connectivity index (χ4n) is 3.94. The molecule has 6 heteroatoms. The van der Waals surface area contributed by atoms with Crippen LogP contribution in [0.4, 0.5) is 8.78 Å². The van der Waals surface area contributed by atoms with Gasteiger partial charge in [-0.15, -0.1) is 0 Å². The van der Waals surface area contributed by atoms with Crippen LogP contribution >= 0.6 is 0 Å². The van der Waals surface area contributed by atoms with Crippen molar-refractivity contribution in [2.75, 3.05) is 6.61 Å². The number of hydrazine groups is 1. The number of rotatable bonds is 4. The normalized spacial score (nSPS) is 19.9. The van der Waals surface area contributed by atoms with Crippen LogP contribution in [0, 0.1) is 11.6 Å². The predicted octanol–water partition coefficient (Wildman–Crippen LogP) is 5.36. The van der Waals surface area contributed by atoms with Crippen LogP contribution in [0.3, 0.4) is 0 Å². The maximum absolute atomic E-state index is 14.0. The molecule has 30 heavy (non-hydrogen) atoms. The summed E-state index contributed by atoms with van der Waals surface area (Å²) in [6.45, 7) is 2.43. The Hall–Kier alpha value is -3.38. The van der Waals surface area contributed by atoms with Crippen molar-refractivity contribution in [3.8, 4) is 11.5 Å². The van der Waals surface area contributed by atoms with Gasteiger partial charge in [0.2, 0.25) is 0 Å². The molecule has 3 aromatic carbocycles. The van der Waals surface area contributed by atoms with Crippen molar-refractivity contribution in [3.05, 3.63) is 101 Å². The van der Waals surface area contributed by atoms with Gasteiger partial charge in [0, 0.05) is 11.1 Å². The van der Waals surface area contributed by atoms with Gasteiger partial charge in [-0.1, -0.05) is 24.3 Å². The molecule has 0 saturated heterocycles. The summed E-state index contributed by atoms with van der Waals surface area (Å²) in [6.07, 6.45) is 1.49. The fraction of sp³-hybridized carbons (Fsp3) is 0.167. The molecule has 2 unspecified atom stereocenters. The molecule has 0 spiro atoms. The number of hydrogen-bond acceptors (Lipinski definition) is 4. The monoisotopic (exact) mass is 406 g/mol. The highest BCUT2D eigenvalue weighted by atomic mass is 19.1. The predicted molar refractivity (Wildman–Crippen MR) is 109 cm³/mol. The van der Waals surface area contributed by atoms with Gasteiger partial charge < -0.3 is 14.9 Å². The summed E-state index contributed by atoms with van der Waals surface area (Å²) >= 11 is 0. The number of fused-ring (bicyclic) bond motifs is 3. The molecule has 0 radical (unpaired) electrons. The summed E-state index contributed by atoms with van der Waals surface area (Å²) in [5.41, 5.74) is 6.68. The minimum absolute atomic E-state index is 0.164. The lowest BCUT2D eigenvalue weighted by Gasteiger charge is -2.39. The van der Waals surface area contributed by atoms with Gasteiger partial charge in [0.15, 0.2) is 17.7 Å². The van der Waals surface area contributed by atoms with Crippen LogP contribution in [0.15, 0.2) is 72.8 Å². The van der Waals surface area contributed by atoms with E-state index in [0.29, 0.717) is 23.7 Å². The summed E-state index contributed by atoms with van der Waals surface area (Å²) in [7, 11) is 0. The Labute approximate surface area is 173 Å². The van der Waals surface area contributed by atoms with E-state index >= 15 is 0 Å². The molecule has 2 heterocycles. The molecule has 0 saturated carbocycles. The average Bonchev–Trinajstić information content (AvgIpc) is 3.20. The summed E-state index contributed by atoms with van der Waals surface area (Å²) in [6, 6.07) is 18.3. The van der Waals surface area contributed by atoms with Crippen LogP contribution in [0.5, 0.6) is 11.5 Å². The third-order valence-electron chi connectivity index (χ3n) is 5.27. The average molecular weight is 406 g/mol. The van der Waals surface area contributed by atoms with Gasteiger partial charge in [-0.05, 0) is 61.0 Å². The van der Waals surface area contributed by atoms with E-state index in [-0.39, 0.29) is 17.7 Å². The van der Waals surface area contributed by atoms with Crippen molar-refractivity contribution >= 4 is 5.70 Å². The smallest absolute Gasteiger partial charge is 0.196 e. The van der Waals surface area contributed by atoms with Gasteiger partial charge in [-0.3, -0.25) is 0 Å². The Bertz CT molecular complexity index is 1110. The Morgan fingerprint density at radius 3 is 2.57 bits per heavy atom. The van der Waals surface area contributed by atoms with E-state index in [0.717, 1.165) is 16.8 Å². The van der Waals surface area contributed by atoms with Crippen molar-refractivity contribution in [2.24, 2.45) is 0 Å². The largest absolute Gasteiger partial charge is 0.490 e. The second kappa shape index (κ2) is 7.46. The summed E-state index contributed by atoms with van der Waals surface area (Å²) in [5.74, 6) is 0.679. The van der Waals surface area contributed by atoms with Crippen molar-refractivity contribution in [3.63, 3.8) is 0 Å². The number of nitrogens with one attached hydrogen (secondary N) is 1. The minimum Gasteiger partial charge on any atom is -0.490 e. The SMILES string of the molecule is CCOc1cccc2c1OC(c1cccc(F)c1)N1NC(c3ccc(F)cc3)=CC21. The van der Waals surface area contributed by atoms with Crippen LogP contribution in [0.2, 0.25) is 0 Å². The molecule has 2 aliphatic rings. The second-order valence-corrected chi connectivity index (χ2v) is 7.18. The third kappa shape index (κ3) is 3.19. The molecule has 0 fully saturated rings. The fourth-order valence-corrected chi connectivity index (χ4v) is 3.94. The first-order valence-electron chi connectivity index (χ1n) is 9.84. The van der Waals surface area contributed by atoms with Gasteiger partial charge in [-0.25, -0.2) is 8.78 Å². The van der Waals surface area contributed by atoms with Crippen LogP contribution in [0.25, 0.3) is 5.70 Å². The van der Waals surface area contributed by atoms with Crippen molar-refractivity contribution in [1.29, 1.82) is 0 Å². The van der Waals surface area contributed by atoms with Gasteiger partial charge in [0.1, 0.15) is 11.6 Å². The van der Waals surface area contributed by atoms with Gasteiger partial charge in [0.25, 0.3) is 0 Å². The highest BCUT2D eigenvalue weighted by Gasteiger charge is 2.41. The van der Waals surface area contributed by atoms with Crippen molar-refractivity contribution in [1.82, 2.24) is 10.4 Å². The zero-order valence-electron chi connectivity index (χ0n) is 16.3. The summed E-state index contributed by atoms with van der Waals surface area (Å²) in [4.78, 5) is 0. The highest BCUT2D eigenvalue weighted by Crippen LogP contribution is 2.49. The molecular weight excluding hydrogens is 386 g/mol. The lowest BCUT2D eigenvalue weighted by molar-refractivity contribution is -0.0347. The van der Waals surface area contributed by atoms with Gasteiger partial charge in [-0.2, -0.15) is 5.01 Å². The molecule has 1 N–H and O–H groups in total. The minimum atomic E-state index is -0.575. The zero-order valence-corrected chi connectivity index (χ0v) is 16.3. The van der Waals surface area contributed by atoms with E-state index in [1.54, 1.807) is 18.2 Å². The second-order valence-electron chi connectivity index (χ2n) is 7.18. The summed E-state index contributed by atoms with van der Waals surface area (Å²) in [5, 5.41) is 1.94. The maximum atomic E-state index is 14.0. The molecule has 0 bridgehead atoms. The number of benzene rings is 3. The van der Waals surface area contributed by atoms with E-state index in [9.17, 15) is 8.78 Å². The van der Waals surface area contributed by atoms with E-state index < -0.39 is 6.23 Å². The van der Waals surface area contributed by atoms with Crippen LogP contribution < -0.4 is 14.9 Å². The number of hydrogen-bond donors (Lipinski definition) is 1. The van der Waals surface area contributed by atoms with E-state index in [2.05, 4.69) is 11.5 Å². The molecule has 2 atom stereocenters. The standard InChI is InChI=1S/C24H20F2N2O2/c1-2-29-22-8-4-7-19-21-14-20(15-9-11-17(25)12-10-15)27-28(21)24(30-23(19)22)16-5-3-6-18(26)13-16/h3-14,21,24,27H,2H2,1H3. The lowest BCUT2D eigenvalue weighted by atomic mass is 10.00. The van der Waals surface area contributed by atoms with Gasteiger partial charge in [0.05, 0.1) is 18.3 Å². The van der Waals surface area contributed by atoms with E-state index in [1.165, 1.54) is 24.3 Å². The van der Waals surface area contributed by atoms with Crippen LogP contribution in [-0.2, 0) is 0 Å². The molecular formula is C24H20F2N2O2. The zero-order chi connectivity index (χ0) is 20.7. The molecule has 5 rings (SSSR count). The molecule has 0 amide bonds. The Balaban J connectivity index is 1.61. The first-order chi connectivity index (χ1) is 14.6. The van der Waals surface area contributed by atoms with Crippen LogP contribution in [-0.4, -0.2) is 11.6 Å². The number of nitrogens with zero attached hydrogens (tertiary/aromatic N) is 1. The maximum Gasteiger partial charge on any atom is 0.196 e. The van der Waals surface area contributed by atoms with Gasteiger partial charge >= 0.3 is 0 Å². The molecule has 3 aromatic rings. The highest BCUT2D eigenvalue weighted by molar-refractivity contribution is 5.68. The first-order valence-corrected chi connectivity index (χ1v) is 9.84. The number of halogens is 2. The Morgan fingerprint density at radius 1 is 1.00 bits per heavy atom. The van der Waals surface area contributed by atoms with Crippen LogP contribution in [0.1, 0.15) is 35.9 Å². The number of ether oxygens (including phenoxy) is 2. The molecule has 2 aliphatic heterocycles. The van der Waals surface area contributed by atoms with Crippen molar-refractivity contribution < 1.29 is 18.3 Å². The molecule has 152 valence electrons. The molecule has 0 aliphatic carbocycles.